The Bertz CT molecular complexity index is 2070. The molecule has 0 atom stereocenters. The standard InChI is InChI=1S/C31H18N4/c1-2-5-18-17(4-1)14-24-19(18)7-8-20-21-9-10-27-30(26(21)15-25(20)24)35-28-16-32-13-11-22(28)23-6-3-12-33-29(23)31(35)34-27/h1-13,16H,14-15H2. The second-order valence-electron chi connectivity index (χ2n) is 9.65. The van der Waals surface area contributed by atoms with Crippen molar-refractivity contribution in [3.05, 3.63) is 108 Å². The zero-order chi connectivity index (χ0) is 22.7. The molecule has 4 aromatic heterocycles. The normalized spacial score (nSPS) is 13.5. The SMILES string of the molecule is c1ccc2c(c1)Cc1c-2ccc2c1Cc1c-2ccc2nc3c4ncccc4c4ccncc4n3c12. The minimum absolute atomic E-state index is 0.901. The van der Waals surface area contributed by atoms with Gasteiger partial charge in [-0.05, 0) is 69.1 Å². The summed E-state index contributed by atoms with van der Waals surface area (Å²) in [6.45, 7) is 0. The van der Waals surface area contributed by atoms with E-state index in [0.717, 1.165) is 45.8 Å². The Hall–Kier alpha value is -4.57. The third-order valence-corrected chi connectivity index (χ3v) is 8.02. The number of rotatable bonds is 0. The molecule has 0 aliphatic heterocycles. The third-order valence-electron chi connectivity index (χ3n) is 8.02. The first kappa shape index (κ1) is 17.8. The topological polar surface area (TPSA) is 43.1 Å². The molecule has 3 aromatic carbocycles. The molecular weight excluding hydrogens is 428 g/mol. The smallest absolute Gasteiger partial charge is 0.165 e. The lowest BCUT2D eigenvalue weighted by atomic mass is 9.96. The number of imidazole rings is 1. The highest BCUT2D eigenvalue weighted by molar-refractivity contribution is 6.12. The maximum absolute atomic E-state index is 5.11. The van der Waals surface area contributed by atoms with Gasteiger partial charge in [-0.2, -0.15) is 0 Å². The molecule has 0 N–H and O–H groups in total. The first-order valence-corrected chi connectivity index (χ1v) is 12.0. The quantitative estimate of drug-likeness (QED) is 0.243. The van der Waals surface area contributed by atoms with Crippen LogP contribution >= 0.6 is 0 Å². The summed E-state index contributed by atoms with van der Waals surface area (Å²) in [6.07, 6.45) is 7.62. The van der Waals surface area contributed by atoms with Crippen molar-refractivity contribution in [2.75, 3.05) is 0 Å². The van der Waals surface area contributed by atoms with Gasteiger partial charge >= 0.3 is 0 Å². The molecule has 0 saturated heterocycles. The van der Waals surface area contributed by atoms with Gasteiger partial charge in [-0.1, -0.05) is 48.5 Å². The summed E-state index contributed by atoms with van der Waals surface area (Å²) in [4.78, 5) is 14.4. The minimum Gasteiger partial charge on any atom is -0.289 e. The van der Waals surface area contributed by atoms with Gasteiger partial charge in [0.25, 0.3) is 0 Å². The molecule has 0 spiro atoms. The average molecular weight is 447 g/mol. The zero-order valence-corrected chi connectivity index (χ0v) is 18.8. The highest BCUT2D eigenvalue weighted by Gasteiger charge is 2.30. The van der Waals surface area contributed by atoms with Crippen LogP contribution in [-0.2, 0) is 12.8 Å². The summed E-state index contributed by atoms with van der Waals surface area (Å²) >= 11 is 0. The van der Waals surface area contributed by atoms with E-state index in [1.54, 1.807) is 0 Å². The summed E-state index contributed by atoms with van der Waals surface area (Å²) < 4.78 is 2.30. The molecule has 4 heteroatoms. The lowest BCUT2D eigenvalue weighted by molar-refractivity contribution is 1.16. The first-order valence-electron chi connectivity index (χ1n) is 12.0. The molecule has 2 aliphatic carbocycles. The molecule has 7 aromatic rings. The fourth-order valence-corrected chi connectivity index (χ4v) is 6.56. The zero-order valence-electron chi connectivity index (χ0n) is 18.8. The van der Waals surface area contributed by atoms with Crippen LogP contribution in [0.1, 0.15) is 22.3 Å². The molecule has 35 heavy (non-hydrogen) atoms. The van der Waals surface area contributed by atoms with Gasteiger partial charge in [-0.15, -0.1) is 0 Å². The van der Waals surface area contributed by atoms with Crippen LogP contribution in [-0.4, -0.2) is 19.4 Å². The van der Waals surface area contributed by atoms with Crippen LogP contribution in [0.5, 0.6) is 0 Å². The molecule has 0 unspecified atom stereocenters. The van der Waals surface area contributed by atoms with Gasteiger partial charge in [0, 0.05) is 29.6 Å². The molecule has 4 nitrogen and oxygen atoms in total. The van der Waals surface area contributed by atoms with E-state index in [1.165, 1.54) is 50.0 Å². The van der Waals surface area contributed by atoms with Crippen molar-refractivity contribution in [1.82, 2.24) is 19.4 Å². The van der Waals surface area contributed by atoms with Gasteiger partial charge in [0.1, 0.15) is 5.52 Å². The maximum Gasteiger partial charge on any atom is 0.165 e. The number of fused-ring (bicyclic) bond motifs is 16. The van der Waals surface area contributed by atoms with Crippen LogP contribution in [0.25, 0.3) is 60.7 Å². The molecule has 0 fully saturated rings. The van der Waals surface area contributed by atoms with Crippen LogP contribution in [0.2, 0.25) is 0 Å². The molecule has 0 radical (unpaired) electrons. The largest absolute Gasteiger partial charge is 0.289 e. The Morgan fingerprint density at radius 3 is 2.46 bits per heavy atom. The average Bonchev–Trinajstić information content (AvgIpc) is 3.59. The van der Waals surface area contributed by atoms with Crippen LogP contribution in [0.15, 0.2) is 85.3 Å². The van der Waals surface area contributed by atoms with Crippen LogP contribution in [0.3, 0.4) is 0 Å². The van der Waals surface area contributed by atoms with Crippen molar-refractivity contribution in [3.63, 3.8) is 0 Å². The van der Waals surface area contributed by atoms with Crippen molar-refractivity contribution in [2.45, 2.75) is 12.8 Å². The van der Waals surface area contributed by atoms with E-state index < -0.39 is 0 Å². The predicted molar refractivity (Wildman–Crippen MR) is 140 cm³/mol. The first-order chi connectivity index (χ1) is 17.4. The molecule has 0 amide bonds. The highest BCUT2D eigenvalue weighted by Crippen LogP contribution is 2.48. The number of benzene rings is 3. The van der Waals surface area contributed by atoms with E-state index in [1.807, 2.05) is 24.7 Å². The van der Waals surface area contributed by atoms with E-state index in [4.69, 9.17) is 9.97 Å². The van der Waals surface area contributed by atoms with E-state index in [9.17, 15) is 0 Å². The van der Waals surface area contributed by atoms with Crippen LogP contribution < -0.4 is 0 Å². The highest BCUT2D eigenvalue weighted by atomic mass is 15.0. The molecular formula is C31H18N4. The van der Waals surface area contributed by atoms with E-state index >= 15 is 0 Å². The second kappa shape index (κ2) is 6.10. The summed E-state index contributed by atoms with van der Waals surface area (Å²) in [5.41, 5.74) is 16.3. The predicted octanol–water partition coefficient (Wildman–Crippen LogP) is 6.73. The Morgan fingerprint density at radius 1 is 0.657 bits per heavy atom. The van der Waals surface area contributed by atoms with Crippen molar-refractivity contribution in [3.8, 4) is 22.3 Å². The number of pyridine rings is 3. The van der Waals surface area contributed by atoms with Gasteiger partial charge in [0.05, 0.1) is 22.7 Å². The van der Waals surface area contributed by atoms with Crippen molar-refractivity contribution >= 4 is 38.5 Å². The number of nitrogens with zero attached hydrogens (tertiary/aromatic N) is 4. The minimum atomic E-state index is 0.901. The van der Waals surface area contributed by atoms with Crippen molar-refractivity contribution in [1.29, 1.82) is 0 Å². The molecule has 2 aliphatic rings. The number of hydrogen-bond acceptors (Lipinski definition) is 3. The lowest BCUT2D eigenvalue weighted by Gasteiger charge is -2.09. The Kier molecular flexibility index (Phi) is 3.11. The van der Waals surface area contributed by atoms with Gasteiger partial charge in [0.15, 0.2) is 5.65 Å². The number of aromatic nitrogens is 4. The lowest BCUT2D eigenvalue weighted by Crippen LogP contribution is -1.96. The maximum atomic E-state index is 5.11. The van der Waals surface area contributed by atoms with E-state index in [0.29, 0.717) is 0 Å². The van der Waals surface area contributed by atoms with E-state index in [-0.39, 0.29) is 0 Å². The van der Waals surface area contributed by atoms with Gasteiger partial charge in [0.2, 0.25) is 0 Å². The monoisotopic (exact) mass is 446 g/mol. The Balaban J connectivity index is 1.39. The summed E-state index contributed by atoms with van der Waals surface area (Å²) in [5.74, 6) is 0. The molecule has 0 saturated carbocycles. The molecule has 9 rings (SSSR count). The second-order valence-corrected chi connectivity index (χ2v) is 9.65. The van der Waals surface area contributed by atoms with Crippen LogP contribution in [0.4, 0.5) is 0 Å². The summed E-state index contributed by atoms with van der Waals surface area (Å²) in [7, 11) is 0. The van der Waals surface area contributed by atoms with Crippen LogP contribution in [0, 0.1) is 0 Å². The Morgan fingerprint density at radius 2 is 1.49 bits per heavy atom. The number of hydrogen-bond donors (Lipinski definition) is 0. The van der Waals surface area contributed by atoms with Gasteiger partial charge in [-0.25, -0.2) is 4.98 Å². The van der Waals surface area contributed by atoms with Gasteiger partial charge < -0.3 is 0 Å². The Labute approximate surface area is 200 Å². The van der Waals surface area contributed by atoms with Gasteiger partial charge in [-0.3, -0.25) is 14.4 Å². The van der Waals surface area contributed by atoms with Crippen molar-refractivity contribution in [2.24, 2.45) is 0 Å². The summed E-state index contributed by atoms with van der Waals surface area (Å²) in [5, 5.41) is 2.27. The molecule has 0 bridgehead atoms. The molecule has 4 heterocycles. The fraction of sp³-hybridized carbons (Fsp3) is 0.0645. The van der Waals surface area contributed by atoms with E-state index in [2.05, 4.69) is 70.0 Å². The third kappa shape index (κ3) is 2.11. The summed E-state index contributed by atoms with van der Waals surface area (Å²) in [6, 6.07) is 24.1. The fourth-order valence-electron chi connectivity index (χ4n) is 6.56. The van der Waals surface area contributed by atoms with Crippen molar-refractivity contribution < 1.29 is 0 Å². The molecule has 162 valence electrons.